The van der Waals surface area contributed by atoms with Gasteiger partial charge in [-0.05, 0) is 31.5 Å². The number of hydrogen-bond acceptors (Lipinski definition) is 3. The summed E-state index contributed by atoms with van der Waals surface area (Å²) in [6.45, 7) is 3.41. The Kier molecular flexibility index (Phi) is 5.45. The molecule has 0 aliphatic rings. The van der Waals surface area contributed by atoms with Crippen LogP contribution >= 0.6 is 0 Å². The lowest BCUT2D eigenvalue weighted by Gasteiger charge is -2.10. The van der Waals surface area contributed by atoms with Crippen LogP contribution in [0, 0.1) is 0 Å². The summed E-state index contributed by atoms with van der Waals surface area (Å²) in [6.07, 6.45) is -3.25. The molecule has 0 bridgehead atoms. The lowest BCUT2D eigenvalue weighted by atomic mass is 10.1. The number of amides is 2. The maximum absolute atomic E-state index is 12.7. The molecule has 2 aromatic rings. The monoisotopic (exact) mass is 354 g/mol. The Labute approximate surface area is 141 Å². The van der Waals surface area contributed by atoms with Gasteiger partial charge < -0.3 is 15.6 Å². The van der Waals surface area contributed by atoms with E-state index in [0.717, 1.165) is 12.1 Å². The highest BCUT2D eigenvalue weighted by Crippen LogP contribution is 2.29. The lowest BCUT2D eigenvalue weighted by Crippen LogP contribution is -2.33. The molecule has 25 heavy (non-hydrogen) atoms. The molecule has 0 unspecified atom stereocenters. The molecule has 134 valence electrons. The second-order valence-corrected chi connectivity index (χ2v) is 5.64. The number of H-pyrrole nitrogens is 1. The van der Waals surface area contributed by atoms with Gasteiger partial charge in [-0.2, -0.15) is 13.2 Å². The van der Waals surface area contributed by atoms with Gasteiger partial charge in [0.05, 0.1) is 11.9 Å². The van der Waals surface area contributed by atoms with Crippen molar-refractivity contribution in [2.24, 2.45) is 0 Å². The van der Waals surface area contributed by atoms with Crippen LogP contribution in [0.2, 0.25) is 0 Å². The fourth-order valence-electron chi connectivity index (χ4n) is 2.10. The molecule has 1 aromatic heterocycles. The summed E-state index contributed by atoms with van der Waals surface area (Å²) in [5.41, 5.74) is -0.631. The molecule has 1 aromatic carbocycles. The fraction of sp³-hybridized carbons (Fsp3) is 0.312. The summed E-state index contributed by atoms with van der Waals surface area (Å²) >= 11 is 0. The second-order valence-electron chi connectivity index (χ2n) is 5.64. The molecule has 0 aliphatic heterocycles. The van der Waals surface area contributed by atoms with Crippen LogP contribution in [0.5, 0.6) is 0 Å². The van der Waals surface area contributed by atoms with Gasteiger partial charge in [-0.15, -0.1) is 0 Å². The summed E-state index contributed by atoms with van der Waals surface area (Å²) in [5, 5.41) is 5.08. The lowest BCUT2D eigenvalue weighted by molar-refractivity contribution is -0.137. The van der Waals surface area contributed by atoms with Gasteiger partial charge >= 0.3 is 6.18 Å². The van der Waals surface area contributed by atoms with Gasteiger partial charge in [0.2, 0.25) is 0 Å². The van der Waals surface area contributed by atoms with Crippen molar-refractivity contribution in [1.82, 2.24) is 20.6 Å². The quantitative estimate of drug-likeness (QED) is 0.771. The topological polar surface area (TPSA) is 86.9 Å². The van der Waals surface area contributed by atoms with Crippen molar-refractivity contribution in [1.29, 1.82) is 0 Å². The van der Waals surface area contributed by atoms with E-state index in [1.54, 1.807) is 13.8 Å². The molecular weight excluding hydrogens is 337 g/mol. The molecule has 0 fully saturated rings. The number of aromatic nitrogens is 2. The van der Waals surface area contributed by atoms with Gasteiger partial charge in [-0.25, -0.2) is 4.98 Å². The smallest absolute Gasteiger partial charge is 0.348 e. The van der Waals surface area contributed by atoms with E-state index in [9.17, 15) is 22.8 Å². The second kappa shape index (κ2) is 7.37. The van der Waals surface area contributed by atoms with E-state index in [1.165, 1.54) is 18.5 Å². The summed E-state index contributed by atoms with van der Waals surface area (Å²) in [6, 6.07) is 4.51. The van der Waals surface area contributed by atoms with Crippen molar-refractivity contribution >= 4 is 11.8 Å². The van der Waals surface area contributed by atoms with E-state index in [2.05, 4.69) is 20.6 Å². The first-order chi connectivity index (χ1) is 11.7. The first-order valence-corrected chi connectivity index (χ1v) is 7.47. The minimum Gasteiger partial charge on any atom is -0.348 e. The highest BCUT2D eigenvalue weighted by Gasteiger charge is 2.30. The zero-order chi connectivity index (χ0) is 18.6. The molecule has 6 nitrogen and oxygen atoms in total. The van der Waals surface area contributed by atoms with E-state index >= 15 is 0 Å². The van der Waals surface area contributed by atoms with Crippen LogP contribution in [0.15, 0.2) is 30.6 Å². The zero-order valence-electron chi connectivity index (χ0n) is 13.6. The number of carbonyl (C=O) groups is 2. The number of hydrogen-bond donors (Lipinski definition) is 3. The Hall–Kier alpha value is -2.84. The Morgan fingerprint density at radius 2 is 1.96 bits per heavy atom. The highest BCUT2D eigenvalue weighted by atomic mass is 19.4. The maximum atomic E-state index is 12.7. The number of nitrogens with one attached hydrogen (secondary N) is 3. The highest BCUT2D eigenvalue weighted by molar-refractivity contribution is 6.04. The van der Waals surface area contributed by atoms with Crippen LogP contribution in [-0.2, 0) is 12.7 Å². The van der Waals surface area contributed by atoms with Crippen LogP contribution in [0.3, 0.4) is 0 Å². The number of halogens is 3. The molecule has 0 saturated carbocycles. The van der Waals surface area contributed by atoms with Crippen molar-refractivity contribution in [3.8, 4) is 0 Å². The Morgan fingerprint density at radius 1 is 1.24 bits per heavy atom. The van der Waals surface area contributed by atoms with E-state index in [0.29, 0.717) is 0 Å². The number of aromatic amines is 1. The van der Waals surface area contributed by atoms with Crippen LogP contribution < -0.4 is 10.6 Å². The van der Waals surface area contributed by atoms with Crippen molar-refractivity contribution in [2.45, 2.75) is 32.6 Å². The minimum atomic E-state index is -4.45. The zero-order valence-corrected chi connectivity index (χ0v) is 13.6. The number of carbonyl (C=O) groups excluding carboxylic acids is 2. The standard InChI is InChI=1S/C16H17F3N4O2/c1-9(2)23-15(25)13-12(21-8-22-13)14(24)20-7-10-4-3-5-11(6-10)16(17,18)19/h3-6,8-9H,7H2,1-2H3,(H,20,24)(H,21,22)(H,23,25). The predicted molar refractivity (Wildman–Crippen MR) is 83.8 cm³/mol. The molecule has 1 heterocycles. The molecule has 0 saturated heterocycles. The summed E-state index contributed by atoms with van der Waals surface area (Å²) in [5.74, 6) is -1.15. The molecule has 0 aliphatic carbocycles. The first-order valence-electron chi connectivity index (χ1n) is 7.47. The average molecular weight is 354 g/mol. The number of imidazole rings is 1. The first kappa shape index (κ1) is 18.5. The normalized spacial score (nSPS) is 11.4. The average Bonchev–Trinajstić information content (AvgIpc) is 3.01. The third-order valence-electron chi connectivity index (χ3n) is 3.21. The molecule has 0 radical (unpaired) electrons. The molecule has 3 N–H and O–H groups in total. The molecule has 9 heteroatoms. The fourth-order valence-corrected chi connectivity index (χ4v) is 2.10. The Balaban J connectivity index is 2.07. The van der Waals surface area contributed by atoms with Crippen molar-refractivity contribution in [2.75, 3.05) is 0 Å². The third-order valence-corrected chi connectivity index (χ3v) is 3.21. The Bertz CT molecular complexity index is 769. The number of benzene rings is 1. The molecule has 2 rings (SSSR count). The van der Waals surface area contributed by atoms with Gasteiger partial charge in [0.25, 0.3) is 11.8 Å². The van der Waals surface area contributed by atoms with Gasteiger partial charge in [-0.1, -0.05) is 12.1 Å². The van der Waals surface area contributed by atoms with E-state index in [1.807, 2.05) is 0 Å². The summed E-state index contributed by atoms with van der Waals surface area (Å²) < 4.78 is 38.1. The summed E-state index contributed by atoms with van der Waals surface area (Å²) in [7, 11) is 0. The van der Waals surface area contributed by atoms with Gasteiger partial charge in [-0.3, -0.25) is 9.59 Å². The largest absolute Gasteiger partial charge is 0.416 e. The molecule has 2 amide bonds. The number of alkyl halides is 3. The van der Waals surface area contributed by atoms with E-state index in [4.69, 9.17) is 0 Å². The van der Waals surface area contributed by atoms with Crippen LogP contribution in [-0.4, -0.2) is 27.8 Å². The van der Waals surface area contributed by atoms with Crippen molar-refractivity contribution in [3.05, 3.63) is 53.1 Å². The molecule has 0 atom stereocenters. The number of nitrogens with zero attached hydrogens (tertiary/aromatic N) is 1. The SMILES string of the molecule is CC(C)NC(=O)c1nc[nH]c1C(=O)NCc1cccc(C(F)(F)F)c1. The Morgan fingerprint density at radius 3 is 2.60 bits per heavy atom. The number of rotatable bonds is 5. The summed E-state index contributed by atoms with van der Waals surface area (Å²) in [4.78, 5) is 30.5. The van der Waals surface area contributed by atoms with Crippen molar-refractivity contribution < 1.29 is 22.8 Å². The van der Waals surface area contributed by atoms with Crippen LogP contribution in [0.4, 0.5) is 13.2 Å². The molecular formula is C16H17F3N4O2. The van der Waals surface area contributed by atoms with Gasteiger partial charge in [0.15, 0.2) is 5.69 Å². The van der Waals surface area contributed by atoms with Crippen molar-refractivity contribution in [3.63, 3.8) is 0 Å². The van der Waals surface area contributed by atoms with Crippen LogP contribution in [0.25, 0.3) is 0 Å². The van der Waals surface area contributed by atoms with E-state index in [-0.39, 0.29) is 29.5 Å². The maximum Gasteiger partial charge on any atom is 0.416 e. The van der Waals surface area contributed by atoms with Crippen LogP contribution in [0.1, 0.15) is 46.0 Å². The third kappa shape index (κ3) is 4.82. The minimum absolute atomic E-state index is 0.0508. The predicted octanol–water partition coefficient (Wildman–Crippen LogP) is 2.50. The van der Waals surface area contributed by atoms with Gasteiger partial charge in [0, 0.05) is 12.6 Å². The molecule has 0 spiro atoms. The van der Waals surface area contributed by atoms with Gasteiger partial charge in [0.1, 0.15) is 5.69 Å². The van der Waals surface area contributed by atoms with E-state index < -0.39 is 23.6 Å².